The van der Waals surface area contributed by atoms with Crippen LogP contribution in [0, 0.1) is 11.3 Å². The monoisotopic (exact) mass is 166 g/mol. The Kier molecular flexibility index (Phi) is 2.71. The number of aldehydes is 1. The fourth-order valence-corrected chi connectivity index (χ4v) is 1.67. The molecule has 1 atom stereocenters. The minimum absolute atomic E-state index is 0.585. The summed E-state index contributed by atoms with van der Waals surface area (Å²) in [5.74, 6) is 0.896. The molecule has 1 aliphatic carbocycles. The van der Waals surface area contributed by atoms with Gasteiger partial charge in [-0.15, -0.1) is 0 Å². The third-order valence-corrected chi connectivity index (χ3v) is 2.96. The molecule has 1 aliphatic rings. The van der Waals surface area contributed by atoms with Crippen LogP contribution in [-0.2, 0) is 4.79 Å². The molecule has 68 valence electrons. The first-order chi connectivity index (χ1) is 5.56. The van der Waals surface area contributed by atoms with Gasteiger partial charge in [-0.05, 0) is 43.6 Å². The van der Waals surface area contributed by atoms with Crippen molar-refractivity contribution in [1.82, 2.24) is 0 Å². The van der Waals surface area contributed by atoms with Gasteiger partial charge in [-0.2, -0.15) is 0 Å². The van der Waals surface area contributed by atoms with Gasteiger partial charge < -0.3 is 0 Å². The summed E-state index contributed by atoms with van der Waals surface area (Å²) < 4.78 is 0. The minimum atomic E-state index is 0.585. The maximum Gasteiger partial charge on any atom is 0.142 e. The summed E-state index contributed by atoms with van der Waals surface area (Å²) in [6.07, 6.45) is 6.26. The molecule has 12 heavy (non-hydrogen) atoms. The van der Waals surface area contributed by atoms with E-state index in [1.54, 1.807) is 6.08 Å². The summed E-state index contributed by atoms with van der Waals surface area (Å²) in [5.41, 5.74) is 1.80. The molecule has 0 aromatic heterocycles. The van der Waals surface area contributed by atoms with Crippen molar-refractivity contribution in [3.63, 3.8) is 0 Å². The Hall–Kier alpha value is -0.590. The van der Waals surface area contributed by atoms with Gasteiger partial charge in [-0.25, -0.2) is 0 Å². The Bertz CT molecular complexity index is 201. The first-order valence-corrected chi connectivity index (χ1v) is 4.67. The predicted octanol–water partition coefficient (Wildman–Crippen LogP) is 2.96. The quantitative estimate of drug-likeness (QED) is 0.463. The Morgan fingerprint density at radius 2 is 2.17 bits per heavy atom. The highest BCUT2D eigenvalue weighted by Crippen LogP contribution is 2.54. The van der Waals surface area contributed by atoms with Crippen molar-refractivity contribution >= 4 is 6.29 Å². The van der Waals surface area contributed by atoms with E-state index in [-0.39, 0.29) is 0 Å². The molecular formula is C11H18O. The van der Waals surface area contributed by atoms with Gasteiger partial charge in [0.05, 0.1) is 0 Å². The van der Waals surface area contributed by atoms with Crippen LogP contribution in [0.2, 0.25) is 0 Å². The fourth-order valence-electron chi connectivity index (χ4n) is 1.67. The van der Waals surface area contributed by atoms with Gasteiger partial charge >= 0.3 is 0 Å². The molecule has 0 aromatic rings. The highest BCUT2D eigenvalue weighted by molar-refractivity contribution is 5.65. The molecule has 0 spiro atoms. The summed E-state index contributed by atoms with van der Waals surface area (Å²) >= 11 is 0. The molecule has 0 saturated heterocycles. The van der Waals surface area contributed by atoms with Gasteiger partial charge in [-0.1, -0.05) is 19.4 Å². The van der Waals surface area contributed by atoms with Gasteiger partial charge in [0, 0.05) is 0 Å². The van der Waals surface area contributed by atoms with Gasteiger partial charge in [0.15, 0.2) is 0 Å². The topological polar surface area (TPSA) is 17.1 Å². The van der Waals surface area contributed by atoms with Crippen molar-refractivity contribution in [3.05, 3.63) is 11.6 Å². The molecule has 0 radical (unpaired) electrons. The zero-order chi connectivity index (χ0) is 9.19. The molecule has 0 unspecified atom stereocenters. The van der Waals surface area contributed by atoms with E-state index in [9.17, 15) is 4.79 Å². The molecule has 1 rings (SSSR count). The summed E-state index contributed by atoms with van der Waals surface area (Å²) in [6.45, 7) is 6.66. The fraction of sp³-hybridized carbons (Fsp3) is 0.727. The third-order valence-electron chi connectivity index (χ3n) is 2.96. The van der Waals surface area contributed by atoms with Crippen molar-refractivity contribution < 1.29 is 4.79 Å². The largest absolute Gasteiger partial charge is 0.299 e. The molecule has 1 fully saturated rings. The van der Waals surface area contributed by atoms with Crippen molar-refractivity contribution in [3.8, 4) is 0 Å². The van der Waals surface area contributed by atoms with E-state index < -0.39 is 0 Å². The second-order valence-corrected chi connectivity index (χ2v) is 4.58. The molecular weight excluding hydrogens is 148 g/mol. The van der Waals surface area contributed by atoms with E-state index >= 15 is 0 Å². The maximum atomic E-state index is 10.1. The molecule has 0 bridgehead atoms. The lowest BCUT2D eigenvalue weighted by atomic mass is 10.0. The normalized spacial score (nSPS) is 26.9. The molecule has 1 saturated carbocycles. The number of hydrogen-bond donors (Lipinski definition) is 0. The summed E-state index contributed by atoms with van der Waals surface area (Å²) in [4.78, 5) is 10.1. The maximum absolute atomic E-state index is 10.1. The lowest BCUT2D eigenvalue weighted by molar-refractivity contribution is -0.104. The van der Waals surface area contributed by atoms with Crippen molar-refractivity contribution in [2.24, 2.45) is 11.3 Å². The van der Waals surface area contributed by atoms with Crippen LogP contribution >= 0.6 is 0 Å². The Labute approximate surface area is 74.9 Å². The van der Waals surface area contributed by atoms with Crippen LogP contribution in [0.4, 0.5) is 0 Å². The predicted molar refractivity (Wildman–Crippen MR) is 50.9 cm³/mol. The highest BCUT2D eigenvalue weighted by atomic mass is 16.1. The van der Waals surface area contributed by atoms with Crippen molar-refractivity contribution in [2.75, 3.05) is 0 Å². The Balaban J connectivity index is 2.19. The first kappa shape index (κ1) is 9.50. The second-order valence-electron chi connectivity index (χ2n) is 4.58. The van der Waals surface area contributed by atoms with E-state index in [4.69, 9.17) is 0 Å². The number of allylic oxidation sites excluding steroid dienone is 2. The number of hydrogen-bond acceptors (Lipinski definition) is 1. The third kappa shape index (κ3) is 2.47. The number of carbonyl (C=O) groups excluding carboxylic acids is 1. The summed E-state index contributed by atoms with van der Waals surface area (Å²) in [5, 5.41) is 0. The average molecular weight is 166 g/mol. The lowest BCUT2D eigenvalue weighted by Crippen LogP contribution is -1.90. The Morgan fingerprint density at radius 1 is 1.58 bits per heavy atom. The van der Waals surface area contributed by atoms with Crippen LogP contribution in [0.3, 0.4) is 0 Å². The molecule has 0 N–H and O–H groups in total. The minimum Gasteiger partial charge on any atom is -0.299 e. The van der Waals surface area contributed by atoms with Crippen molar-refractivity contribution in [1.29, 1.82) is 0 Å². The van der Waals surface area contributed by atoms with Crippen LogP contribution in [0.1, 0.15) is 40.0 Å². The lowest BCUT2D eigenvalue weighted by Gasteiger charge is -2.02. The highest BCUT2D eigenvalue weighted by Gasteiger charge is 2.44. The van der Waals surface area contributed by atoms with Gasteiger partial charge in [0.2, 0.25) is 0 Å². The molecule has 1 heteroatoms. The SMILES string of the molecule is C/C(=C/C=O)CC[C@H]1CC1(C)C. The van der Waals surface area contributed by atoms with Crippen LogP contribution in [0.25, 0.3) is 0 Å². The van der Waals surface area contributed by atoms with E-state index in [2.05, 4.69) is 13.8 Å². The van der Waals surface area contributed by atoms with Crippen molar-refractivity contribution in [2.45, 2.75) is 40.0 Å². The molecule has 0 heterocycles. The zero-order valence-corrected chi connectivity index (χ0v) is 8.26. The first-order valence-electron chi connectivity index (χ1n) is 4.67. The number of rotatable bonds is 4. The summed E-state index contributed by atoms with van der Waals surface area (Å²) in [6, 6.07) is 0. The standard InChI is InChI=1S/C11H18O/c1-9(6-7-12)4-5-10-8-11(10,2)3/h6-7,10H,4-5,8H2,1-3H3/b9-6-/t10-/m0/s1. The molecule has 0 aliphatic heterocycles. The van der Waals surface area contributed by atoms with Crippen LogP contribution in [0.15, 0.2) is 11.6 Å². The van der Waals surface area contributed by atoms with Gasteiger partial charge in [0.1, 0.15) is 6.29 Å². The van der Waals surface area contributed by atoms with E-state index in [1.807, 2.05) is 6.92 Å². The van der Waals surface area contributed by atoms with Crippen LogP contribution < -0.4 is 0 Å². The van der Waals surface area contributed by atoms with Gasteiger partial charge in [-0.3, -0.25) is 4.79 Å². The second kappa shape index (κ2) is 3.42. The zero-order valence-electron chi connectivity index (χ0n) is 8.26. The molecule has 0 amide bonds. The molecule has 1 nitrogen and oxygen atoms in total. The summed E-state index contributed by atoms with van der Waals surface area (Å²) in [7, 11) is 0. The van der Waals surface area contributed by atoms with E-state index in [0.717, 1.165) is 18.6 Å². The van der Waals surface area contributed by atoms with E-state index in [0.29, 0.717) is 5.41 Å². The number of carbonyl (C=O) groups is 1. The van der Waals surface area contributed by atoms with E-state index in [1.165, 1.54) is 18.4 Å². The Morgan fingerprint density at radius 3 is 2.58 bits per heavy atom. The smallest absolute Gasteiger partial charge is 0.142 e. The van der Waals surface area contributed by atoms with Crippen LogP contribution in [0.5, 0.6) is 0 Å². The van der Waals surface area contributed by atoms with Gasteiger partial charge in [0.25, 0.3) is 0 Å². The van der Waals surface area contributed by atoms with Crippen LogP contribution in [-0.4, -0.2) is 6.29 Å². The average Bonchev–Trinajstić information content (AvgIpc) is 2.56. The molecule has 0 aromatic carbocycles.